The largest absolute Gasteiger partial charge is 0.475 e. The Morgan fingerprint density at radius 1 is 1.26 bits per heavy atom. The second-order valence-electron chi connectivity index (χ2n) is 4.12. The molecule has 10 heteroatoms. The summed E-state index contributed by atoms with van der Waals surface area (Å²) >= 11 is 0. The predicted octanol–water partition coefficient (Wildman–Crippen LogP) is 1.91. The van der Waals surface area contributed by atoms with E-state index in [0.717, 1.165) is 6.07 Å². The zero-order valence-electron chi connectivity index (χ0n) is 12.8. The monoisotopic (exact) mass is 448 g/mol. The molecule has 1 aromatic rings. The number of pyridine rings is 1. The van der Waals surface area contributed by atoms with Crippen LogP contribution in [-0.2, 0) is 10.9 Å². The molecule has 1 aromatic heterocycles. The Bertz CT molecular complexity index is 487. The maximum atomic E-state index is 12.7. The fourth-order valence-electron chi connectivity index (χ4n) is 1.53. The predicted molar refractivity (Wildman–Crippen MR) is 91.4 cm³/mol. The molecule has 0 aliphatic heterocycles. The number of aromatic nitrogens is 1. The van der Waals surface area contributed by atoms with Crippen LogP contribution in [0.15, 0.2) is 23.3 Å². The second kappa shape index (κ2) is 11.3. The highest BCUT2D eigenvalue weighted by molar-refractivity contribution is 14.0. The van der Waals surface area contributed by atoms with Gasteiger partial charge in [-0.3, -0.25) is 4.99 Å². The summed E-state index contributed by atoms with van der Waals surface area (Å²) in [5, 5.41) is 5.87. The van der Waals surface area contributed by atoms with E-state index >= 15 is 0 Å². The molecule has 1 heterocycles. The number of alkyl halides is 3. The number of methoxy groups -OCH3 is 1. The van der Waals surface area contributed by atoms with E-state index in [4.69, 9.17) is 9.47 Å². The molecule has 0 unspecified atom stereocenters. The fraction of sp³-hybridized carbons (Fsp3) is 0.538. The lowest BCUT2D eigenvalue weighted by molar-refractivity contribution is -0.139. The van der Waals surface area contributed by atoms with Crippen LogP contribution in [0, 0.1) is 0 Å². The Hall–Kier alpha value is -1.30. The molecule has 0 aromatic carbocycles. The Morgan fingerprint density at radius 2 is 1.91 bits per heavy atom. The van der Waals surface area contributed by atoms with Crippen LogP contribution >= 0.6 is 24.0 Å². The van der Waals surface area contributed by atoms with Gasteiger partial charge in [-0.05, 0) is 12.1 Å². The number of nitrogens with zero attached hydrogens (tertiary/aromatic N) is 2. The molecule has 0 fully saturated rings. The van der Waals surface area contributed by atoms with E-state index < -0.39 is 17.6 Å². The number of hydrogen-bond donors (Lipinski definition) is 2. The average molecular weight is 448 g/mol. The van der Waals surface area contributed by atoms with E-state index in [1.54, 1.807) is 14.2 Å². The smallest absolute Gasteiger partial charge is 0.421 e. The van der Waals surface area contributed by atoms with Gasteiger partial charge in [-0.2, -0.15) is 13.2 Å². The third-order valence-corrected chi connectivity index (χ3v) is 2.53. The van der Waals surface area contributed by atoms with Crippen molar-refractivity contribution in [1.29, 1.82) is 0 Å². The molecule has 132 valence electrons. The molecule has 0 radical (unpaired) electrons. The molecule has 0 aliphatic rings. The molecule has 2 N–H and O–H groups in total. The Morgan fingerprint density at radius 3 is 2.48 bits per heavy atom. The first-order valence-corrected chi connectivity index (χ1v) is 6.57. The number of aliphatic imine (C=N–C) groups is 1. The molecule has 0 saturated heterocycles. The highest BCUT2D eigenvalue weighted by Gasteiger charge is 2.34. The number of ether oxygens (including phenoxy) is 2. The summed E-state index contributed by atoms with van der Waals surface area (Å²) in [7, 11) is 3.17. The summed E-state index contributed by atoms with van der Waals surface area (Å²) in [6.07, 6.45) is -3.24. The van der Waals surface area contributed by atoms with Gasteiger partial charge >= 0.3 is 6.18 Å². The van der Waals surface area contributed by atoms with Gasteiger partial charge in [-0.15, -0.1) is 24.0 Å². The van der Waals surface area contributed by atoms with E-state index in [2.05, 4.69) is 20.6 Å². The van der Waals surface area contributed by atoms with Crippen LogP contribution in [0.5, 0.6) is 5.88 Å². The summed E-state index contributed by atoms with van der Waals surface area (Å²) in [5.41, 5.74) is -0.891. The zero-order valence-corrected chi connectivity index (χ0v) is 15.1. The van der Waals surface area contributed by atoms with Crippen molar-refractivity contribution in [3.05, 3.63) is 23.9 Å². The van der Waals surface area contributed by atoms with Crippen LogP contribution in [-0.4, -0.2) is 51.4 Å². The van der Waals surface area contributed by atoms with Crippen LogP contribution in [0.1, 0.15) is 5.56 Å². The van der Waals surface area contributed by atoms with Crippen LogP contribution in [0.4, 0.5) is 13.2 Å². The van der Waals surface area contributed by atoms with Gasteiger partial charge in [0.25, 0.3) is 0 Å². The van der Waals surface area contributed by atoms with Crippen molar-refractivity contribution in [3.8, 4) is 5.88 Å². The first-order chi connectivity index (χ1) is 10.5. The number of guanidine groups is 1. The lowest BCUT2D eigenvalue weighted by Crippen LogP contribution is -2.40. The molecule has 0 bridgehead atoms. The van der Waals surface area contributed by atoms with Gasteiger partial charge in [0.05, 0.1) is 13.2 Å². The lowest BCUT2D eigenvalue weighted by atomic mass is 10.2. The minimum Gasteiger partial charge on any atom is -0.475 e. The van der Waals surface area contributed by atoms with Gasteiger partial charge < -0.3 is 20.1 Å². The minimum absolute atomic E-state index is 0. The molecule has 0 spiro atoms. The van der Waals surface area contributed by atoms with Gasteiger partial charge in [0.15, 0.2) is 5.96 Å². The highest BCUT2D eigenvalue weighted by Crippen LogP contribution is 2.34. The average Bonchev–Trinajstić information content (AvgIpc) is 2.49. The third-order valence-electron chi connectivity index (χ3n) is 2.53. The van der Waals surface area contributed by atoms with E-state index in [1.807, 2.05) is 0 Å². The van der Waals surface area contributed by atoms with Gasteiger partial charge in [0.2, 0.25) is 5.88 Å². The second-order valence-corrected chi connectivity index (χ2v) is 4.12. The lowest BCUT2D eigenvalue weighted by Gasteiger charge is -2.14. The number of nitrogens with one attached hydrogen (secondary N) is 2. The molecular formula is C13H20F3IN4O2. The van der Waals surface area contributed by atoms with E-state index in [1.165, 1.54) is 12.3 Å². The number of hydrogen-bond acceptors (Lipinski definition) is 4. The Kier molecular flexibility index (Phi) is 10.6. The number of rotatable bonds is 7. The van der Waals surface area contributed by atoms with Gasteiger partial charge in [-0.1, -0.05) is 0 Å². The normalized spacial score (nSPS) is 11.6. The van der Waals surface area contributed by atoms with Crippen LogP contribution < -0.4 is 15.4 Å². The molecule has 0 saturated carbocycles. The van der Waals surface area contributed by atoms with Crippen molar-refractivity contribution in [2.75, 3.05) is 40.5 Å². The molecule has 0 atom stereocenters. The standard InChI is InChI=1S/C13H19F3N4O2.HI/c1-17-12(19-6-8-21-2)20-7-9-22-11-10(13(14,15)16)4-3-5-18-11;/h3-5H,6-9H2,1-2H3,(H2,17,19,20);1H. The summed E-state index contributed by atoms with van der Waals surface area (Å²) in [6.45, 7) is 1.38. The van der Waals surface area contributed by atoms with E-state index in [9.17, 15) is 13.2 Å². The quantitative estimate of drug-likeness (QED) is 0.289. The van der Waals surface area contributed by atoms with Gasteiger partial charge in [0.1, 0.15) is 12.2 Å². The van der Waals surface area contributed by atoms with E-state index in [0.29, 0.717) is 19.1 Å². The van der Waals surface area contributed by atoms with Gasteiger partial charge in [0, 0.05) is 26.9 Å². The third kappa shape index (κ3) is 8.21. The molecule has 0 aliphatic carbocycles. The minimum atomic E-state index is -4.49. The maximum Gasteiger partial charge on any atom is 0.421 e. The fourth-order valence-corrected chi connectivity index (χ4v) is 1.53. The van der Waals surface area contributed by atoms with Gasteiger partial charge in [-0.25, -0.2) is 4.98 Å². The molecule has 1 rings (SSSR count). The van der Waals surface area contributed by atoms with Crippen molar-refractivity contribution in [3.63, 3.8) is 0 Å². The molecule has 0 amide bonds. The van der Waals surface area contributed by atoms with E-state index in [-0.39, 0.29) is 37.1 Å². The van der Waals surface area contributed by atoms with Crippen LogP contribution in [0.2, 0.25) is 0 Å². The van der Waals surface area contributed by atoms with Crippen molar-refractivity contribution < 1.29 is 22.6 Å². The van der Waals surface area contributed by atoms with Crippen LogP contribution in [0.3, 0.4) is 0 Å². The number of halogens is 4. The molecular weight excluding hydrogens is 428 g/mol. The Labute approximate surface area is 149 Å². The summed E-state index contributed by atoms with van der Waals surface area (Å²) in [5.74, 6) is 0.0804. The van der Waals surface area contributed by atoms with Crippen molar-refractivity contribution >= 4 is 29.9 Å². The maximum absolute atomic E-state index is 12.7. The first-order valence-electron chi connectivity index (χ1n) is 6.57. The SMILES string of the molecule is CN=C(NCCOC)NCCOc1ncccc1C(F)(F)F.I. The summed E-state index contributed by atoms with van der Waals surface area (Å²) in [4.78, 5) is 7.56. The van der Waals surface area contributed by atoms with Crippen LogP contribution in [0.25, 0.3) is 0 Å². The topological polar surface area (TPSA) is 67.8 Å². The van der Waals surface area contributed by atoms with Crippen molar-refractivity contribution in [1.82, 2.24) is 15.6 Å². The molecule has 23 heavy (non-hydrogen) atoms. The first kappa shape index (κ1) is 21.7. The van der Waals surface area contributed by atoms with Crippen molar-refractivity contribution in [2.45, 2.75) is 6.18 Å². The Balaban J connectivity index is 0.00000484. The zero-order chi connectivity index (χ0) is 16.4. The highest BCUT2D eigenvalue weighted by atomic mass is 127. The molecule has 6 nitrogen and oxygen atoms in total. The van der Waals surface area contributed by atoms with Crippen molar-refractivity contribution in [2.24, 2.45) is 4.99 Å². The summed E-state index contributed by atoms with van der Waals surface area (Å²) < 4.78 is 48.2. The summed E-state index contributed by atoms with van der Waals surface area (Å²) in [6, 6.07) is 2.15.